The lowest BCUT2D eigenvalue weighted by atomic mass is 10.0. The largest absolute Gasteiger partial charge is 0.543 e. The smallest absolute Gasteiger partial charge is 0.250 e. The van der Waals surface area contributed by atoms with Crippen LogP contribution in [0.4, 0.5) is 0 Å². The molecule has 0 bridgehead atoms. The Kier molecular flexibility index (Phi) is 7.62. The van der Waals surface area contributed by atoms with Gasteiger partial charge in [-0.25, -0.2) is 0 Å². The van der Waals surface area contributed by atoms with Crippen molar-refractivity contribution in [1.82, 2.24) is 0 Å². The Balaban J connectivity index is 3.35. The first-order valence-electron chi connectivity index (χ1n) is 8.58. The Morgan fingerprint density at radius 2 is 1.92 bits per heavy atom. The highest BCUT2D eigenvalue weighted by atomic mass is 127. The molecule has 1 aromatic carbocycles. The predicted molar refractivity (Wildman–Crippen MR) is 117 cm³/mol. The topological polar surface area (TPSA) is 9.23 Å². The van der Waals surface area contributed by atoms with Gasteiger partial charge in [0, 0.05) is 15.6 Å². The summed E-state index contributed by atoms with van der Waals surface area (Å²) in [6, 6.07) is 6.58. The number of terminal acetylenes is 1. The van der Waals surface area contributed by atoms with Gasteiger partial charge in [-0.1, -0.05) is 32.4 Å². The first kappa shape index (κ1) is 21.3. The maximum atomic E-state index is 6.78. The van der Waals surface area contributed by atoms with Gasteiger partial charge in [0.2, 0.25) is 0 Å². The van der Waals surface area contributed by atoms with Crippen molar-refractivity contribution in [2.75, 3.05) is 0 Å². The lowest BCUT2D eigenvalue weighted by molar-refractivity contribution is 0.452. The van der Waals surface area contributed by atoms with Gasteiger partial charge in [-0.3, -0.25) is 0 Å². The van der Waals surface area contributed by atoms with Crippen LogP contribution in [-0.2, 0) is 4.43 Å². The van der Waals surface area contributed by atoms with Gasteiger partial charge < -0.3 is 4.43 Å². The van der Waals surface area contributed by atoms with E-state index in [1.165, 1.54) is 20.3 Å². The maximum Gasteiger partial charge on any atom is 0.250 e. The predicted octanol–water partition coefficient (Wildman–Crippen LogP) is 7.16. The number of halogens is 1. The molecule has 0 aromatic heterocycles. The minimum Gasteiger partial charge on any atom is -0.543 e. The summed E-state index contributed by atoms with van der Waals surface area (Å²) in [5.74, 6) is 3.81. The van der Waals surface area contributed by atoms with Crippen LogP contribution in [0.25, 0.3) is 5.76 Å². The van der Waals surface area contributed by atoms with Crippen LogP contribution in [0.3, 0.4) is 0 Å². The molecule has 1 aromatic rings. The quantitative estimate of drug-likeness (QED) is 0.146. The van der Waals surface area contributed by atoms with E-state index in [0.29, 0.717) is 0 Å². The molecule has 0 unspecified atom stereocenters. The highest BCUT2D eigenvalue weighted by molar-refractivity contribution is 14.1. The molecule has 0 aliphatic carbocycles. The second-order valence-electron chi connectivity index (χ2n) is 8.01. The van der Waals surface area contributed by atoms with E-state index in [9.17, 15) is 0 Å². The highest BCUT2D eigenvalue weighted by Gasteiger charge is 2.40. The molecule has 0 fully saturated rings. The van der Waals surface area contributed by atoms with Crippen LogP contribution in [-0.4, -0.2) is 8.32 Å². The lowest BCUT2D eigenvalue weighted by Gasteiger charge is -2.38. The van der Waals surface area contributed by atoms with Crippen LogP contribution in [0.15, 0.2) is 23.8 Å². The zero-order valence-corrected chi connectivity index (χ0v) is 19.4. The number of rotatable bonds is 6. The average molecular weight is 454 g/mol. The fourth-order valence-corrected chi connectivity index (χ4v) is 3.84. The van der Waals surface area contributed by atoms with Gasteiger partial charge in [0.25, 0.3) is 8.32 Å². The monoisotopic (exact) mass is 454 g/mol. The number of hydrogen-bond acceptors (Lipinski definition) is 1. The average Bonchev–Trinajstić information content (AvgIpc) is 2.46. The minimum atomic E-state index is -1.90. The summed E-state index contributed by atoms with van der Waals surface area (Å²) < 4.78 is 8.02. The van der Waals surface area contributed by atoms with Crippen molar-refractivity contribution in [2.24, 2.45) is 0 Å². The van der Waals surface area contributed by atoms with E-state index in [2.05, 4.69) is 94.4 Å². The fraction of sp³-hybridized carbons (Fsp3) is 0.524. The van der Waals surface area contributed by atoms with Crippen molar-refractivity contribution in [3.8, 4) is 12.3 Å². The van der Waals surface area contributed by atoms with E-state index in [1.807, 2.05) is 0 Å². The SMILES string of the molecule is C#CCCC/C(C)=C(\O[Si](C)(C)C(C)(C)C)c1cc(C)ccc1I. The molecule has 1 nitrogen and oxygen atoms in total. The summed E-state index contributed by atoms with van der Waals surface area (Å²) in [5.41, 5.74) is 3.79. The minimum absolute atomic E-state index is 0.173. The number of unbranched alkanes of at least 4 members (excludes halogenated alkanes) is 1. The second-order valence-corrected chi connectivity index (χ2v) is 13.9. The number of hydrogen-bond donors (Lipinski definition) is 0. The second kappa shape index (κ2) is 8.58. The molecule has 0 atom stereocenters. The van der Waals surface area contributed by atoms with Gasteiger partial charge in [0.1, 0.15) is 5.76 Å². The van der Waals surface area contributed by atoms with Crippen molar-refractivity contribution in [1.29, 1.82) is 0 Å². The van der Waals surface area contributed by atoms with Crippen LogP contribution in [0.1, 0.15) is 58.1 Å². The molecule has 0 saturated carbocycles. The zero-order valence-electron chi connectivity index (χ0n) is 16.2. The van der Waals surface area contributed by atoms with Crippen LogP contribution in [0.2, 0.25) is 18.1 Å². The first-order valence-corrected chi connectivity index (χ1v) is 12.6. The Hall–Kier alpha value is -0.733. The Morgan fingerprint density at radius 1 is 1.29 bits per heavy atom. The first-order chi connectivity index (χ1) is 11.0. The van der Waals surface area contributed by atoms with Crippen molar-refractivity contribution in [3.63, 3.8) is 0 Å². The molecular formula is C21H31IOSi. The van der Waals surface area contributed by atoms with Gasteiger partial charge in [0.05, 0.1) is 0 Å². The molecule has 0 heterocycles. The molecule has 0 N–H and O–H groups in total. The van der Waals surface area contributed by atoms with E-state index in [-0.39, 0.29) is 5.04 Å². The third-order valence-electron chi connectivity index (χ3n) is 4.79. The molecule has 0 aliphatic heterocycles. The van der Waals surface area contributed by atoms with Crippen LogP contribution < -0.4 is 0 Å². The highest BCUT2D eigenvalue weighted by Crippen LogP contribution is 2.41. The summed E-state index contributed by atoms with van der Waals surface area (Å²) in [5, 5.41) is 0.173. The van der Waals surface area contributed by atoms with Crippen molar-refractivity contribution in [2.45, 2.75) is 72.0 Å². The fourth-order valence-electron chi connectivity index (χ4n) is 2.16. The van der Waals surface area contributed by atoms with E-state index in [1.54, 1.807) is 0 Å². The number of allylic oxidation sites excluding steroid dienone is 1. The third-order valence-corrected chi connectivity index (χ3v) is 10.1. The van der Waals surface area contributed by atoms with Gasteiger partial charge in [-0.2, -0.15) is 0 Å². The van der Waals surface area contributed by atoms with Gasteiger partial charge in [0.15, 0.2) is 0 Å². The number of aryl methyl sites for hydroxylation is 1. The van der Waals surface area contributed by atoms with Gasteiger partial charge in [-0.05, 0) is 85.1 Å². The van der Waals surface area contributed by atoms with Crippen LogP contribution in [0, 0.1) is 22.8 Å². The van der Waals surface area contributed by atoms with E-state index in [0.717, 1.165) is 25.0 Å². The maximum absolute atomic E-state index is 6.78. The summed E-state index contributed by atoms with van der Waals surface area (Å²) in [6.45, 7) is 15.8. The van der Waals surface area contributed by atoms with E-state index < -0.39 is 8.32 Å². The van der Waals surface area contributed by atoms with Gasteiger partial charge in [-0.15, -0.1) is 12.3 Å². The van der Waals surface area contributed by atoms with Crippen LogP contribution >= 0.6 is 22.6 Å². The summed E-state index contributed by atoms with van der Waals surface area (Å²) in [4.78, 5) is 0. The Bertz CT molecular complexity index is 645. The molecular weight excluding hydrogens is 423 g/mol. The van der Waals surface area contributed by atoms with Crippen molar-refractivity contribution >= 4 is 36.7 Å². The zero-order chi connectivity index (χ0) is 18.5. The molecule has 24 heavy (non-hydrogen) atoms. The Morgan fingerprint density at radius 3 is 2.46 bits per heavy atom. The summed E-state index contributed by atoms with van der Waals surface area (Å²) in [7, 11) is -1.90. The van der Waals surface area contributed by atoms with Crippen molar-refractivity contribution in [3.05, 3.63) is 38.5 Å². The molecule has 0 spiro atoms. The molecule has 3 heteroatoms. The molecule has 132 valence electrons. The number of benzene rings is 1. The van der Waals surface area contributed by atoms with Gasteiger partial charge >= 0.3 is 0 Å². The Labute approximate surface area is 163 Å². The molecule has 0 aliphatic rings. The summed E-state index contributed by atoms with van der Waals surface area (Å²) >= 11 is 2.41. The molecule has 0 radical (unpaired) electrons. The standard InChI is InChI=1S/C21H31IOSi/c1-9-10-11-12-17(3)20(23-24(7,8)21(4,5)6)18-15-16(2)13-14-19(18)22/h1,13-15H,10-12H2,2-8H3/b20-17-. The molecule has 1 rings (SSSR count). The summed E-state index contributed by atoms with van der Waals surface area (Å²) in [6.07, 6.45) is 8.22. The van der Waals surface area contributed by atoms with Crippen molar-refractivity contribution < 1.29 is 4.43 Å². The van der Waals surface area contributed by atoms with E-state index >= 15 is 0 Å². The third kappa shape index (κ3) is 5.67. The van der Waals surface area contributed by atoms with E-state index in [4.69, 9.17) is 10.8 Å². The lowest BCUT2D eigenvalue weighted by Crippen LogP contribution is -2.40. The molecule has 0 saturated heterocycles. The van der Waals surface area contributed by atoms with Crippen LogP contribution in [0.5, 0.6) is 0 Å². The molecule has 0 amide bonds. The normalized spacial score (nSPS) is 13.3.